The second kappa shape index (κ2) is 15.2. The van der Waals surface area contributed by atoms with Crippen molar-refractivity contribution in [2.45, 2.75) is 63.5 Å². The van der Waals surface area contributed by atoms with E-state index in [4.69, 9.17) is 0 Å². The van der Waals surface area contributed by atoms with Crippen LogP contribution in [0, 0.1) is 5.92 Å². The summed E-state index contributed by atoms with van der Waals surface area (Å²) in [5.41, 5.74) is 3.64. The molecule has 1 amide bonds. The number of ketones is 1. The first-order valence-corrected chi connectivity index (χ1v) is 15.7. The molecule has 1 aliphatic heterocycles. The molecule has 46 heavy (non-hydrogen) atoms. The number of Topliss-reactive ketones (excluding diaryl/α,β-unsaturated/α-hetero) is 1. The minimum atomic E-state index is -4.77. The second-order valence-corrected chi connectivity index (χ2v) is 11.9. The molecule has 4 aromatic carbocycles. The fourth-order valence-electron chi connectivity index (χ4n) is 6.29. The van der Waals surface area contributed by atoms with Gasteiger partial charge in [-0.1, -0.05) is 84.9 Å². The fourth-order valence-corrected chi connectivity index (χ4v) is 6.29. The highest BCUT2D eigenvalue weighted by molar-refractivity contribution is 6.01. The number of likely N-dealkylation sites (tertiary alicyclic amines) is 1. The van der Waals surface area contributed by atoms with E-state index in [0.29, 0.717) is 48.9 Å². The quantitative estimate of drug-likeness (QED) is 0.151. The van der Waals surface area contributed by atoms with Crippen LogP contribution in [0.4, 0.5) is 13.2 Å². The van der Waals surface area contributed by atoms with E-state index in [1.54, 1.807) is 30.3 Å². The van der Waals surface area contributed by atoms with E-state index in [1.807, 2.05) is 65.6 Å². The van der Waals surface area contributed by atoms with E-state index < -0.39 is 18.4 Å². The van der Waals surface area contributed by atoms with Crippen LogP contribution >= 0.6 is 0 Å². The molecule has 1 unspecified atom stereocenters. The lowest BCUT2D eigenvalue weighted by Gasteiger charge is -2.25. The van der Waals surface area contributed by atoms with Crippen molar-refractivity contribution in [2.24, 2.45) is 5.92 Å². The summed E-state index contributed by atoms with van der Waals surface area (Å²) in [7, 11) is 0. The van der Waals surface area contributed by atoms with Gasteiger partial charge < -0.3 is 14.7 Å². The predicted molar refractivity (Wildman–Crippen MR) is 171 cm³/mol. The molecule has 8 heteroatoms. The maximum absolute atomic E-state index is 13.6. The molecule has 0 radical (unpaired) electrons. The number of carbonyl (C=O) groups excluding carboxylic acids is 2. The van der Waals surface area contributed by atoms with Gasteiger partial charge in [0.15, 0.2) is 5.78 Å². The van der Waals surface area contributed by atoms with Gasteiger partial charge in [0.05, 0.1) is 12.1 Å². The number of ether oxygens (including phenoxy) is 1. The van der Waals surface area contributed by atoms with Crippen LogP contribution in [0.2, 0.25) is 0 Å². The van der Waals surface area contributed by atoms with Gasteiger partial charge in [-0.3, -0.25) is 9.59 Å². The molecule has 5 nitrogen and oxygen atoms in total. The minimum Gasteiger partial charge on any atom is -0.406 e. The van der Waals surface area contributed by atoms with Crippen molar-refractivity contribution >= 4 is 11.7 Å². The van der Waals surface area contributed by atoms with Crippen molar-refractivity contribution in [1.82, 2.24) is 4.90 Å². The van der Waals surface area contributed by atoms with Gasteiger partial charge in [0, 0.05) is 24.1 Å². The normalized spacial score (nSPS) is 16.2. The number of aryl methyl sites for hydroxylation is 1. The van der Waals surface area contributed by atoms with Crippen LogP contribution in [0.3, 0.4) is 0 Å². The summed E-state index contributed by atoms with van der Waals surface area (Å²) in [5, 5.41) is 11.3. The second-order valence-electron chi connectivity index (χ2n) is 11.9. The summed E-state index contributed by atoms with van der Waals surface area (Å²) >= 11 is 0. The molecule has 0 aromatic heterocycles. The van der Waals surface area contributed by atoms with Gasteiger partial charge in [-0.15, -0.1) is 13.2 Å². The van der Waals surface area contributed by atoms with E-state index in [-0.39, 0.29) is 29.9 Å². The molecule has 1 fully saturated rings. The zero-order valence-corrected chi connectivity index (χ0v) is 25.5. The number of nitrogens with zero attached hydrogens (tertiary/aromatic N) is 1. The van der Waals surface area contributed by atoms with E-state index >= 15 is 0 Å². The van der Waals surface area contributed by atoms with Crippen molar-refractivity contribution < 1.29 is 32.6 Å². The molecule has 0 spiro atoms. The third-order valence-corrected chi connectivity index (χ3v) is 8.56. The lowest BCUT2D eigenvalue weighted by molar-refractivity contribution is -0.274. The number of aliphatic hydroxyl groups excluding tert-OH is 1. The molecule has 0 bridgehead atoms. The van der Waals surface area contributed by atoms with Crippen molar-refractivity contribution in [3.8, 4) is 5.75 Å². The van der Waals surface area contributed by atoms with Gasteiger partial charge in [0.25, 0.3) is 5.91 Å². The monoisotopic (exact) mass is 629 g/mol. The summed E-state index contributed by atoms with van der Waals surface area (Å²) in [6.45, 7) is 0.654. The number of amides is 1. The number of carbonyl (C=O) groups is 2. The topological polar surface area (TPSA) is 66.8 Å². The van der Waals surface area contributed by atoms with Gasteiger partial charge >= 0.3 is 6.36 Å². The number of halogens is 3. The van der Waals surface area contributed by atoms with Gasteiger partial charge in [-0.2, -0.15) is 0 Å². The number of benzene rings is 4. The number of hydrogen-bond acceptors (Lipinski definition) is 4. The zero-order chi connectivity index (χ0) is 32.5. The van der Waals surface area contributed by atoms with Crippen molar-refractivity contribution in [2.75, 3.05) is 6.54 Å². The largest absolute Gasteiger partial charge is 0.573 e. The standard InChI is InChI=1S/C38H38F3NO4/c39-38(40,41)46-33-19-7-13-28(24-33)14-8-21-35(43)32(23-27-11-3-1-4-12-27)26-36(44)30-17-9-18-31(25-30)37(45)42-22-10-20-34(42)29-15-5-2-6-16-29/h1-7,9,11-13,15-19,24-25,32,34-35,43H,8,10,14,20-23,26H2/t32-,34?,35-/m1/s1. The first-order valence-electron chi connectivity index (χ1n) is 15.7. The summed E-state index contributed by atoms with van der Waals surface area (Å²) < 4.78 is 41.9. The maximum atomic E-state index is 13.6. The summed E-state index contributed by atoms with van der Waals surface area (Å²) in [5.74, 6) is -0.937. The molecule has 5 rings (SSSR count). The molecule has 1 saturated heterocycles. The van der Waals surface area contributed by atoms with Crippen LogP contribution in [0.25, 0.3) is 0 Å². The molecular weight excluding hydrogens is 591 g/mol. The van der Waals surface area contributed by atoms with Crippen LogP contribution in [0.5, 0.6) is 5.75 Å². The molecule has 240 valence electrons. The fraction of sp³-hybridized carbons (Fsp3) is 0.316. The Kier molecular flexibility index (Phi) is 10.9. The van der Waals surface area contributed by atoms with E-state index in [9.17, 15) is 27.9 Å². The van der Waals surface area contributed by atoms with Gasteiger partial charge in [0.2, 0.25) is 0 Å². The number of aliphatic hydroxyl groups is 1. The first-order chi connectivity index (χ1) is 22.2. The van der Waals surface area contributed by atoms with Crippen LogP contribution in [0.15, 0.2) is 109 Å². The highest BCUT2D eigenvalue weighted by Gasteiger charge is 2.32. The van der Waals surface area contributed by atoms with Gasteiger partial charge in [-0.05, 0) is 85.4 Å². The maximum Gasteiger partial charge on any atom is 0.573 e. The summed E-state index contributed by atoms with van der Waals surface area (Å²) in [6, 6.07) is 32.3. The first kappa shape index (κ1) is 32.9. The van der Waals surface area contributed by atoms with E-state index in [2.05, 4.69) is 4.74 Å². The molecule has 0 saturated carbocycles. The van der Waals surface area contributed by atoms with Crippen LogP contribution in [-0.2, 0) is 12.8 Å². The minimum absolute atomic E-state index is 0.00176. The molecule has 0 aliphatic carbocycles. The molecule has 3 atom stereocenters. The smallest absolute Gasteiger partial charge is 0.406 e. The number of hydrogen-bond donors (Lipinski definition) is 1. The number of alkyl halides is 3. The summed E-state index contributed by atoms with van der Waals surface area (Å²) in [4.78, 5) is 29.1. The van der Waals surface area contributed by atoms with Crippen LogP contribution < -0.4 is 4.74 Å². The lowest BCUT2D eigenvalue weighted by atomic mass is 9.85. The average molecular weight is 630 g/mol. The van der Waals surface area contributed by atoms with Gasteiger partial charge in [0.1, 0.15) is 5.75 Å². The van der Waals surface area contributed by atoms with E-state index in [1.165, 1.54) is 18.2 Å². The van der Waals surface area contributed by atoms with Gasteiger partial charge in [-0.25, -0.2) is 0 Å². The Balaban J connectivity index is 1.25. The Bertz CT molecular complexity index is 1590. The molecule has 4 aromatic rings. The molecular formula is C38H38F3NO4. The SMILES string of the molecule is O=C(C[C@@H](Cc1ccccc1)[C@H](O)CCCc1cccc(OC(F)(F)F)c1)c1cccc(C(=O)N2CCCC2c2ccccc2)c1. The molecule has 1 aliphatic rings. The highest BCUT2D eigenvalue weighted by Crippen LogP contribution is 2.33. The van der Waals surface area contributed by atoms with Crippen molar-refractivity contribution in [3.63, 3.8) is 0 Å². The van der Waals surface area contributed by atoms with Crippen molar-refractivity contribution in [3.05, 3.63) is 137 Å². The Morgan fingerprint density at radius 3 is 2.26 bits per heavy atom. The molecule has 1 N–H and O–H groups in total. The summed E-state index contributed by atoms with van der Waals surface area (Å²) in [6.07, 6.45) is -1.90. The third-order valence-electron chi connectivity index (χ3n) is 8.56. The molecule has 1 heterocycles. The number of rotatable bonds is 13. The van der Waals surface area contributed by atoms with Crippen molar-refractivity contribution in [1.29, 1.82) is 0 Å². The highest BCUT2D eigenvalue weighted by atomic mass is 19.4. The Hall–Kier alpha value is -4.43. The van der Waals surface area contributed by atoms with Crippen LogP contribution in [-0.4, -0.2) is 40.7 Å². The third kappa shape index (κ3) is 9.07. The average Bonchev–Trinajstić information content (AvgIpc) is 3.55. The lowest BCUT2D eigenvalue weighted by Crippen LogP contribution is -2.30. The van der Waals surface area contributed by atoms with E-state index in [0.717, 1.165) is 24.0 Å². The zero-order valence-electron chi connectivity index (χ0n) is 25.5. The Morgan fingerprint density at radius 1 is 0.848 bits per heavy atom. The Morgan fingerprint density at radius 2 is 1.52 bits per heavy atom. The van der Waals surface area contributed by atoms with Crippen LogP contribution in [0.1, 0.15) is 75.6 Å². The predicted octanol–water partition coefficient (Wildman–Crippen LogP) is 8.38. The Labute approximate surface area is 267 Å².